The van der Waals surface area contributed by atoms with Gasteiger partial charge in [-0.3, -0.25) is 9.79 Å². The van der Waals surface area contributed by atoms with E-state index in [2.05, 4.69) is 15.3 Å². The Morgan fingerprint density at radius 1 is 1.34 bits per heavy atom. The van der Waals surface area contributed by atoms with Gasteiger partial charge in [-0.05, 0) is 24.1 Å². The summed E-state index contributed by atoms with van der Waals surface area (Å²) < 4.78 is 24.1. The minimum Gasteiger partial charge on any atom is -0.469 e. The Morgan fingerprint density at radius 2 is 2.17 bits per heavy atom. The number of carbonyl (C=O) groups is 1. The number of aromatic nitrogens is 1. The Hall–Kier alpha value is -3.16. The van der Waals surface area contributed by atoms with Gasteiger partial charge >= 0.3 is 5.97 Å². The molecule has 2 atom stereocenters. The Bertz CT molecular complexity index is 890. The van der Waals surface area contributed by atoms with Crippen LogP contribution >= 0.6 is 0 Å². The Kier molecular flexibility index (Phi) is 6.64. The molecule has 2 aromatic rings. The van der Waals surface area contributed by atoms with Crippen molar-refractivity contribution in [1.29, 1.82) is 0 Å². The van der Waals surface area contributed by atoms with E-state index < -0.39 is 0 Å². The molecular weight excluding hydrogens is 375 g/mol. The second-order valence-electron chi connectivity index (χ2n) is 6.94. The van der Waals surface area contributed by atoms with Gasteiger partial charge in [0.2, 0.25) is 5.88 Å². The Balaban J connectivity index is 1.67. The molecule has 1 N–H and O–H groups in total. The van der Waals surface area contributed by atoms with Gasteiger partial charge in [-0.25, -0.2) is 9.37 Å². The maximum Gasteiger partial charge on any atom is 0.310 e. The van der Waals surface area contributed by atoms with E-state index in [1.165, 1.54) is 19.2 Å². The third kappa shape index (κ3) is 5.01. The summed E-state index contributed by atoms with van der Waals surface area (Å²) in [4.78, 5) is 22.6. The quantitative estimate of drug-likeness (QED) is 0.473. The average molecular weight is 400 g/mol. The van der Waals surface area contributed by atoms with Gasteiger partial charge in [0.25, 0.3) is 0 Å². The summed E-state index contributed by atoms with van der Waals surface area (Å²) in [6.07, 6.45) is 1.62. The number of hydrogen-bond acceptors (Lipinski definition) is 5. The Morgan fingerprint density at radius 3 is 2.90 bits per heavy atom. The number of ether oxygens (including phenoxy) is 2. The highest BCUT2D eigenvalue weighted by molar-refractivity contribution is 5.82. The third-order valence-electron chi connectivity index (χ3n) is 4.93. The van der Waals surface area contributed by atoms with Crippen molar-refractivity contribution in [1.82, 2.24) is 15.2 Å². The molecule has 3 rings (SSSR count). The molecule has 2 unspecified atom stereocenters. The van der Waals surface area contributed by atoms with Crippen LogP contribution in [0.5, 0.6) is 11.6 Å². The van der Waals surface area contributed by atoms with Crippen molar-refractivity contribution < 1.29 is 18.7 Å². The van der Waals surface area contributed by atoms with E-state index in [9.17, 15) is 9.18 Å². The van der Waals surface area contributed by atoms with Gasteiger partial charge in [0.15, 0.2) is 5.96 Å². The minimum atomic E-state index is -0.373. The summed E-state index contributed by atoms with van der Waals surface area (Å²) in [6, 6.07) is 9.61. The monoisotopic (exact) mass is 400 g/mol. The van der Waals surface area contributed by atoms with Crippen LogP contribution in [-0.4, -0.2) is 49.1 Å². The molecule has 1 aromatic heterocycles. The lowest BCUT2D eigenvalue weighted by Crippen LogP contribution is -2.40. The molecular formula is C21H25FN4O3. The van der Waals surface area contributed by atoms with Crippen molar-refractivity contribution in [2.75, 3.05) is 27.2 Å². The fourth-order valence-electron chi connectivity index (χ4n) is 3.40. The van der Waals surface area contributed by atoms with Crippen LogP contribution in [0.15, 0.2) is 47.6 Å². The number of halogens is 1. The minimum absolute atomic E-state index is 0.172. The maximum atomic E-state index is 13.4. The van der Waals surface area contributed by atoms with Crippen LogP contribution in [0, 0.1) is 17.7 Å². The lowest BCUT2D eigenvalue weighted by atomic mass is 9.99. The number of hydrogen-bond donors (Lipinski definition) is 1. The average Bonchev–Trinajstić information content (AvgIpc) is 3.10. The number of aliphatic imine (C=N–C) groups is 1. The molecule has 154 valence electrons. The highest BCUT2D eigenvalue weighted by Gasteiger charge is 2.36. The number of esters is 1. The number of pyridine rings is 1. The van der Waals surface area contributed by atoms with Crippen LogP contribution in [0.1, 0.15) is 12.5 Å². The molecule has 2 heterocycles. The van der Waals surface area contributed by atoms with Crippen molar-refractivity contribution in [3.8, 4) is 11.6 Å². The molecule has 0 amide bonds. The zero-order chi connectivity index (χ0) is 20.8. The van der Waals surface area contributed by atoms with Gasteiger partial charge in [0.05, 0.1) is 13.0 Å². The first-order chi connectivity index (χ1) is 14.0. The largest absolute Gasteiger partial charge is 0.469 e. The summed E-state index contributed by atoms with van der Waals surface area (Å²) in [6.45, 7) is 3.70. The molecule has 7 nitrogen and oxygen atoms in total. The number of rotatable bonds is 5. The van der Waals surface area contributed by atoms with Crippen molar-refractivity contribution in [3.05, 3.63) is 54.0 Å². The molecule has 0 saturated carbocycles. The molecule has 0 aliphatic carbocycles. The number of methoxy groups -OCH3 is 1. The van der Waals surface area contributed by atoms with Crippen LogP contribution in [0.2, 0.25) is 0 Å². The summed E-state index contributed by atoms with van der Waals surface area (Å²) in [5, 5.41) is 3.29. The van der Waals surface area contributed by atoms with E-state index >= 15 is 0 Å². The van der Waals surface area contributed by atoms with Crippen LogP contribution in [-0.2, 0) is 16.1 Å². The predicted molar refractivity (Wildman–Crippen MR) is 107 cm³/mol. The standard InChI is InChI=1S/C21H25FN4O3/c1-14-12-26(13-18(14)20(27)28-3)21(23-2)25-11-15-6-5-9-24-19(15)29-17-8-4-7-16(22)10-17/h4-10,14,18H,11-13H2,1-3H3,(H,23,25). The van der Waals surface area contributed by atoms with E-state index in [1.54, 1.807) is 25.4 Å². The first-order valence-electron chi connectivity index (χ1n) is 9.42. The van der Waals surface area contributed by atoms with E-state index in [0.717, 1.165) is 5.56 Å². The second kappa shape index (κ2) is 9.36. The fraction of sp³-hybridized carbons (Fsp3) is 0.381. The number of likely N-dealkylation sites (tertiary alicyclic amines) is 1. The molecule has 8 heteroatoms. The molecule has 1 saturated heterocycles. The van der Waals surface area contributed by atoms with Gasteiger partial charge in [0, 0.05) is 44.5 Å². The van der Waals surface area contributed by atoms with Gasteiger partial charge in [-0.1, -0.05) is 19.1 Å². The zero-order valence-corrected chi connectivity index (χ0v) is 16.8. The fourth-order valence-corrected chi connectivity index (χ4v) is 3.40. The van der Waals surface area contributed by atoms with Crippen molar-refractivity contribution >= 4 is 11.9 Å². The van der Waals surface area contributed by atoms with E-state index in [-0.39, 0.29) is 23.6 Å². The topological polar surface area (TPSA) is 76.1 Å². The molecule has 1 aromatic carbocycles. The highest BCUT2D eigenvalue weighted by atomic mass is 19.1. The van der Waals surface area contributed by atoms with E-state index in [1.807, 2.05) is 24.0 Å². The molecule has 0 spiro atoms. The number of benzene rings is 1. The molecule has 0 bridgehead atoms. The number of nitrogens with zero attached hydrogens (tertiary/aromatic N) is 3. The van der Waals surface area contributed by atoms with Crippen LogP contribution in [0.4, 0.5) is 4.39 Å². The van der Waals surface area contributed by atoms with Crippen LogP contribution in [0.25, 0.3) is 0 Å². The van der Waals surface area contributed by atoms with Gasteiger partial charge in [0.1, 0.15) is 11.6 Å². The first-order valence-corrected chi connectivity index (χ1v) is 9.42. The normalized spacial score (nSPS) is 19.2. The zero-order valence-electron chi connectivity index (χ0n) is 16.8. The molecule has 1 aliphatic heterocycles. The summed E-state index contributed by atoms with van der Waals surface area (Å²) in [7, 11) is 3.11. The van der Waals surface area contributed by atoms with Crippen LogP contribution < -0.4 is 10.1 Å². The summed E-state index contributed by atoms with van der Waals surface area (Å²) in [5.74, 6) is 0.876. The number of guanidine groups is 1. The maximum absolute atomic E-state index is 13.4. The Labute approximate surface area is 169 Å². The number of nitrogens with one attached hydrogen (secondary N) is 1. The van der Waals surface area contributed by atoms with Gasteiger partial charge in [-0.2, -0.15) is 0 Å². The summed E-state index contributed by atoms with van der Waals surface area (Å²) in [5.41, 5.74) is 0.801. The predicted octanol–water partition coefficient (Wildman–Crippen LogP) is 2.83. The SMILES string of the molecule is CN=C(NCc1cccnc1Oc1cccc(F)c1)N1CC(C)C(C(=O)OC)C1. The molecule has 1 fully saturated rings. The molecule has 29 heavy (non-hydrogen) atoms. The molecule has 0 radical (unpaired) electrons. The lowest BCUT2D eigenvalue weighted by molar-refractivity contribution is -0.145. The first kappa shape index (κ1) is 20.6. The van der Waals surface area contributed by atoms with Crippen molar-refractivity contribution in [2.45, 2.75) is 13.5 Å². The van der Waals surface area contributed by atoms with Gasteiger partial charge in [-0.15, -0.1) is 0 Å². The lowest BCUT2D eigenvalue weighted by Gasteiger charge is -2.22. The second-order valence-corrected chi connectivity index (χ2v) is 6.94. The molecule has 1 aliphatic rings. The summed E-state index contributed by atoms with van der Waals surface area (Å²) >= 11 is 0. The third-order valence-corrected chi connectivity index (χ3v) is 4.93. The van der Waals surface area contributed by atoms with E-state index in [4.69, 9.17) is 9.47 Å². The van der Waals surface area contributed by atoms with E-state index in [0.29, 0.717) is 37.2 Å². The van der Waals surface area contributed by atoms with Gasteiger partial charge < -0.3 is 19.7 Å². The van der Waals surface area contributed by atoms with Crippen molar-refractivity contribution in [2.24, 2.45) is 16.8 Å². The smallest absolute Gasteiger partial charge is 0.310 e. The number of carbonyl (C=O) groups excluding carboxylic acids is 1. The van der Waals surface area contributed by atoms with Crippen molar-refractivity contribution in [3.63, 3.8) is 0 Å². The highest BCUT2D eigenvalue weighted by Crippen LogP contribution is 2.25. The van der Waals surface area contributed by atoms with Crippen LogP contribution in [0.3, 0.4) is 0 Å².